The third-order valence-corrected chi connectivity index (χ3v) is 5.99. The first-order chi connectivity index (χ1) is 12.3. The molecule has 26 heavy (non-hydrogen) atoms. The van der Waals surface area contributed by atoms with Crippen molar-refractivity contribution in [3.8, 4) is 11.5 Å². The summed E-state index contributed by atoms with van der Waals surface area (Å²) < 4.78 is 34.5. The van der Waals surface area contributed by atoms with Crippen molar-refractivity contribution in [2.75, 3.05) is 24.5 Å². The van der Waals surface area contributed by atoms with E-state index in [1.165, 1.54) is 5.38 Å². The Hall–Kier alpha value is -2.59. The molecular weight excluding hydrogens is 380 g/mol. The second kappa shape index (κ2) is 5.71. The van der Waals surface area contributed by atoms with Crippen LogP contribution in [0.3, 0.4) is 0 Å². The van der Waals surface area contributed by atoms with Crippen LogP contribution in [0.5, 0.6) is 11.5 Å². The van der Waals surface area contributed by atoms with E-state index in [9.17, 15) is 18.0 Å². The SMILES string of the molecule is CS(=O)(=O)C[C@H](c1ccc2c(c1)OCO2)N1C(=O)c2csc(N)c2C1=O. The number of fused-ring (bicyclic) bond motifs is 2. The molecule has 10 heteroatoms. The summed E-state index contributed by atoms with van der Waals surface area (Å²) in [5, 5.41) is 1.76. The Bertz CT molecular complexity index is 1040. The zero-order valence-corrected chi connectivity index (χ0v) is 15.2. The van der Waals surface area contributed by atoms with E-state index < -0.39 is 33.4 Å². The molecule has 1 aromatic carbocycles. The van der Waals surface area contributed by atoms with Gasteiger partial charge >= 0.3 is 0 Å². The zero-order chi connectivity index (χ0) is 18.6. The van der Waals surface area contributed by atoms with Gasteiger partial charge < -0.3 is 15.2 Å². The normalized spacial score (nSPS) is 16.9. The van der Waals surface area contributed by atoms with Gasteiger partial charge in [0.1, 0.15) is 9.84 Å². The maximum absolute atomic E-state index is 12.8. The standard InChI is InChI=1S/C16H14N2O6S2/c1-26(21,22)6-10(8-2-3-11-12(4-8)24-7-23-11)18-15(19)9-5-25-14(17)13(9)16(18)20/h2-5,10H,6-7,17H2,1H3/t10-/m1/s1. The molecule has 2 aromatic rings. The number of carbonyl (C=O) groups is 2. The van der Waals surface area contributed by atoms with Crippen molar-refractivity contribution in [2.45, 2.75) is 6.04 Å². The molecule has 0 fully saturated rings. The lowest BCUT2D eigenvalue weighted by molar-refractivity contribution is 0.0597. The first-order valence-electron chi connectivity index (χ1n) is 7.58. The number of rotatable bonds is 4. The molecule has 1 aromatic heterocycles. The molecule has 0 unspecified atom stereocenters. The number of thiophene rings is 1. The van der Waals surface area contributed by atoms with Gasteiger partial charge in [-0.3, -0.25) is 14.5 Å². The molecule has 0 saturated carbocycles. The number of anilines is 1. The number of hydrogen-bond acceptors (Lipinski definition) is 8. The molecule has 1 atom stereocenters. The van der Waals surface area contributed by atoms with Crippen molar-refractivity contribution in [2.24, 2.45) is 0 Å². The van der Waals surface area contributed by atoms with E-state index in [0.717, 1.165) is 22.5 Å². The third kappa shape index (κ3) is 2.61. The molecule has 2 aliphatic rings. The number of nitrogens with zero attached hydrogens (tertiary/aromatic N) is 1. The average Bonchev–Trinajstić information content (AvgIpc) is 3.23. The molecule has 8 nitrogen and oxygen atoms in total. The van der Waals surface area contributed by atoms with Gasteiger partial charge in [-0.25, -0.2) is 8.42 Å². The van der Waals surface area contributed by atoms with E-state index in [2.05, 4.69) is 0 Å². The highest BCUT2D eigenvalue weighted by Gasteiger charge is 2.44. The zero-order valence-electron chi connectivity index (χ0n) is 13.6. The van der Waals surface area contributed by atoms with Gasteiger partial charge in [0.15, 0.2) is 11.5 Å². The summed E-state index contributed by atoms with van der Waals surface area (Å²) in [7, 11) is -3.50. The van der Waals surface area contributed by atoms with Gasteiger partial charge in [-0.05, 0) is 17.7 Å². The van der Waals surface area contributed by atoms with E-state index in [0.29, 0.717) is 17.1 Å². The van der Waals surface area contributed by atoms with Crippen LogP contribution in [0.25, 0.3) is 0 Å². The van der Waals surface area contributed by atoms with E-state index in [1.54, 1.807) is 18.2 Å². The minimum absolute atomic E-state index is 0.0602. The Kier molecular flexibility index (Phi) is 3.70. The fraction of sp³-hybridized carbons (Fsp3) is 0.250. The van der Waals surface area contributed by atoms with Crippen LogP contribution in [0.1, 0.15) is 32.3 Å². The van der Waals surface area contributed by atoms with Crippen LogP contribution < -0.4 is 15.2 Å². The van der Waals surface area contributed by atoms with Crippen molar-refractivity contribution >= 4 is 38.0 Å². The van der Waals surface area contributed by atoms with Crippen LogP contribution in [0.15, 0.2) is 23.6 Å². The number of amides is 2. The van der Waals surface area contributed by atoms with Gasteiger partial charge in [-0.1, -0.05) is 6.07 Å². The molecule has 2 N–H and O–H groups in total. The average molecular weight is 394 g/mol. The van der Waals surface area contributed by atoms with Crippen LogP contribution in [-0.4, -0.2) is 43.9 Å². The predicted molar refractivity (Wildman–Crippen MR) is 94.2 cm³/mol. The highest BCUT2D eigenvalue weighted by Crippen LogP contribution is 2.40. The van der Waals surface area contributed by atoms with E-state index >= 15 is 0 Å². The summed E-state index contributed by atoms with van der Waals surface area (Å²) in [6.45, 7) is 0.0602. The fourth-order valence-electron chi connectivity index (χ4n) is 3.10. The quantitative estimate of drug-likeness (QED) is 0.780. The van der Waals surface area contributed by atoms with Crippen LogP contribution in [-0.2, 0) is 9.84 Å². The molecule has 4 rings (SSSR count). The second-order valence-corrected chi connectivity index (χ2v) is 9.19. The maximum atomic E-state index is 12.8. The summed E-state index contributed by atoms with van der Waals surface area (Å²) in [5.74, 6) is -0.584. The minimum atomic E-state index is -3.50. The topological polar surface area (TPSA) is 116 Å². The molecule has 0 spiro atoms. The number of ether oxygens (including phenoxy) is 2. The van der Waals surface area contributed by atoms with Gasteiger partial charge in [0, 0.05) is 11.6 Å². The van der Waals surface area contributed by atoms with Gasteiger partial charge in [-0.2, -0.15) is 0 Å². The van der Waals surface area contributed by atoms with Crippen LogP contribution in [0.2, 0.25) is 0 Å². The number of carbonyl (C=O) groups excluding carboxylic acids is 2. The molecular formula is C16H14N2O6S2. The Labute approximate surface area is 153 Å². The van der Waals surface area contributed by atoms with Crippen molar-refractivity contribution in [3.05, 3.63) is 40.3 Å². The van der Waals surface area contributed by atoms with E-state index in [4.69, 9.17) is 15.2 Å². The van der Waals surface area contributed by atoms with Crippen molar-refractivity contribution in [1.29, 1.82) is 0 Å². The first-order valence-corrected chi connectivity index (χ1v) is 10.5. The minimum Gasteiger partial charge on any atom is -0.454 e. The summed E-state index contributed by atoms with van der Waals surface area (Å²) >= 11 is 1.11. The lowest BCUT2D eigenvalue weighted by Gasteiger charge is -2.26. The van der Waals surface area contributed by atoms with Gasteiger partial charge in [0.2, 0.25) is 6.79 Å². The Morgan fingerprint density at radius 1 is 1.23 bits per heavy atom. The summed E-state index contributed by atoms with van der Waals surface area (Å²) in [6, 6.07) is 3.85. The molecule has 0 radical (unpaired) electrons. The van der Waals surface area contributed by atoms with Crippen LogP contribution >= 0.6 is 11.3 Å². The number of nitrogen functional groups attached to an aromatic ring is 1. The molecule has 2 aliphatic heterocycles. The highest BCUT2D eigenvalue weighted by molar-refractivity contribution is 7.90. The van der Waals surface area contributed by atoms with E-state index in [1.807, 2.05) is 0 Å². The Morgan fingerprint density at radius 2 is 1.96 bits per heavy atom. The summed E-state index contributed by atoms with van der Waals surface area (Å²) in [4.78, 5) is 26.5. The number of benzene rings is 1. The molecule has 0 saturated heterocycles. The largest absolute Gasteiger partial charge is 0.454 e. The smallest absolute Gasteiger partial charge is 0.265 e. The number of sulfone groups is 1. The molecule has 0 aliphatic carbocycles. The molecule has 2 amide bonds. The lowest BCUT2D eigenvalue weighted by Crippen LogP contribution is -2.37. The third-order valence-electron chi connectivity index (χ3n) is 4.26. The summed E-state index contributed by atoms with van der Waals surface area (Å²) in [6.07, 6.45) is 1.06. The van der Waals surface area contributed by atoms with Gasteiger partial charge in [0.05, 0.1) is 27.9 Å². The number of nitrogens with two attached hydrogens (primary N) is 1. The van der Waals surface area contributed by atoms with Crippen molar-refractivity contribution in [3.63, 3.8) is 0 Å². The van der Waals surface area contributed by atoms with Crippen molar-refractivity contribution < 1.29 is 27.5 Å². The summed E-state index contributed by atoms with van der Waals surface area (Å²) in [5.41, 5.74) is 6.62. The van der Waals surface area contributed by atoms with Crippen LogP contribution in [0, 0.1) is 0 Å². The molecule has 3 heterocycles. The second-order valence-electron chi connectivity index (χ2n) is 6.09. The first kappa shape index (κ1) is 16.9. The lowest BCUT2D eigenvalue weighted by atomic mass is 10.1. The molecule has 136 valence electrons. The van der Waals surface area contributed by atoms with Crippen LogP contribution in [0.4, 0.5) is 5.00 Å². The van der Waals surface area contributed by atoms with Crippen molar-refractivity contribution in [1.82, 2.24) is 4.90 Å². The Morgan fingerprint density at radius 3 is 2.65 bits per heavy atom. The van der Waals surface area contributed by atoms with E-state index in [-0.39, 0.29) is 22.9 Å². The number of hydrogen-bond donors (Lipinski definition) is 1. The van der Waals surface area contributed by atoms with Gasteiger partial charge in [0.25, 0.3) is 11.8 Å². The Balaban J connectivity index is 1.80. The van der Waals surface area contributed by atoms with Gasteiger partial charge in [-0.15, -0.1) is 11.3 Å². The predicted octanol–water partition coefficient (Wildman–Crippen LogP) is 1.44. The monoisotopic (exact) mass is 394 g/mol. The number of imide groups is 1. The molecule has 0 bridgehead atoms. The highest BCUT2D eigenvalue weighted by atomic mass is 32.2. The maximum Gasteiger partial charge on any atom is 0.265 e. The fourth-order valence-corrected chi connectivity index (χ4v) is 4.80.